The first-order valence-corrected chi connectivity index (χ1v) is 10.4. The fraction of sp³-hybridized carbons (Fsp3) is 0.591. The molecule has 1 aromatic carbocycles. The maximum absolute atomic E-state index is 12.5. The van der Waals surface area contributed by atoms with E-state index in [1.807, 2.05) is 36.9 Å². The molecule has 1 aliphatic carbocycles. The number of nitrogens with one attached hydrogen (secondary N) is 2. The third kappa shape index (κ3) is 5.33. The molecule has 3 amide bonds. The van der Waals surface area contributed by atoms with Gasteiger partial charge in [0.25, 0.3) is 5.91 Å². The lowest BCUT2D eigenvalue weighted by atomic mass is 9.95. The van der Waals surface area contributed by atoms with E-state index < -0.39 is 0 Å². The van der Waals surface area contributed by atoms with Gasteiger partial charge in [-0.25, -0.2) is 0 Å². The molecule has 1 saturated carbocycles. The average Bonchev–Trinajstić information content (AvgIpc) is 3.57. The molecule has 1 unspecified atom stereocenters. The first-order valence-electron chi connectivity index (χ1n) is 10.4. The molecule has 0 aromatic heterocycles. The van der Waals surface area contributed by atoms with Gasteiger partial charge in [0.2, 0.25) is 11.8 Å². The highest BCUT2D eigenvalue weighted by molar-refractivity contribution is 5.94. The van der Waals surface area contributed by atoms with Crippen molar-refractivity contribution >= 4 is 17.7 Å². The summed E-state index contributed by atoms with van der Waals surface area (Å²) in [6, 6.07) is 7.50. The maximum Gasteiger partial charge on any atom is 0.251 e. The quantitative estimate of drug-likeness (QED) is 0.757. The van der Waals surface area contributed by atoms with Crippen LogP contribution in [0.3, 0.4) is 0 Å². The zero-order chi connectivity index (χ0) is 20.1. The molecule has 2 fully saturated rings. The molecule has 1 saturated heterocycles. The molecule has 3 rings (SSSR count). The zero-order valence-electron chi connectivity index (χ0n) is 16.9. The Labute approximate surface area is 167 Å². The van der Waals surface area contributed by atoms with E-state index >= 15 is 0 Å². The highest BCUT2D eigenvalue weighted by Gasteiger charge is 2.35. The van der Waals surface area contributed by atoms with Crippen LogP contribution in [-0.4, -0.2) is 41.8 Å². The molecule has 0 radical (unpaired) electrons. The van der Waals surface area contributed by atoms with Crippen LogP contribution in [0.2, 0.25) is 0 Å². The maximum atomic E-state index is 12.5. The van der Waals surface area contributed by atoms with Crippen LogP contribution in [0.1, 0.15) is 61.9 Å². The summed E-state index contributed by atoms with van der Waals surface area (Å²) in [4.78, 5) is 38.8. The summed E-state index contributed by atoms with van der Waals surface area (Å²) in [5.74, 6) is 0.421. The topological polar surface area (TPSA) is 78.5 Å². The molecule has 0 bridgehead atoms. The van der Waals surface area contributed by atoms with Crippen molar-refractivity contribution in [2.45, 2.75) is 58.5 Å². The first kappa shape index (κ1) is 20.4. The van der Waals surface area contributed by atoms with Crippen LogP contribution in [0, 0.1) is 11.8 Å². The Balaban J connectivity index is 1.46. The van der Waals surface area contributed by atoms with Gasteiger partial charge in [-0.05, 0) is 56.7 Å². The van der Waals surface area contributed by atoms with Gasteiger partial charge in [-0.3, -0.25) is 14.4 Å². The number of hydrogen-bond acceptors (Lipinski definition) is 3. The molecule has 28 heavy (non-hydrogen) atoms. The van der Waals surface area contributed by atoms with Crippen LogP contribution in [0.25, 0.3) is 0 Å². The highest BCUT2D eigenvalue weighted by Crippen LogP contribution is 2.32. The summed E-state index contributed by atoms with van der Waals surface area (Å²) in [6.45, 7) is 5.77. The second-order valence-electron chi connectivity index (χ2n) is 8.07. The van der Waals surface area contributed by atoms with Crippen molar-refractivity contribution in [3.05, 3.63) is 35.4 Å². The number of carbonyl (C=O) groups is 3. The number of piperidine rings is 1. The zero-order valence-corrected chi connectivity index (χ0v) is 16.9. The molecule has 0 spiro atoms. The summed E-state index contributed by atoms with van der Waals surface area (Å²) < 4.78 is 0. The molecular weight excluding hydrogens is 354 g/mol. The van der Waals surface area contributed by atoms with Crippen LogP contribution in [0.4, 0.5) is 0 Å². The standard InChI is InChI=1S/C22H31N3O3/c1-3-15(2)24-21(27)19-6-4-5-16(13-19)14-23-20(26)17-9-11-25(12-10-17)22(28)18-7-8-18/h4-6,13,15,17-18H,3,7-12,14H2,1-2H3,(H,23,26)(H,24,27). The Morgan fingerprint density at radius 3 is 2.46 bits per heavy atom. The van der Waals surface area contributed by atoms with Crippen molar-refractivity contribution in [2.24, 2.45) is 11.8 Å². The summed E-state index contributed by atoms with van der Waals surface area (Å²) in [5, 5.41) is 5.95. The third-order valence-corrected chi connectivity index (χ3v) is 5.75. The number of rotatable bonds is 7. The fourth-order valence-electron chi connectivity index (χ4n) is 3.52. The van der Waals surface area contributed by atoms with E-state index in [-0.39, 0.29) is 35.6 Å². The lowest BCUT2D eigenvalue weighted by Gasteiger charge is -2.31. The summed E-state index contributed by atoms with van der Waals surface area (Å²) in [5.41, 5.74) is 1.52. The minimum Gasteiger partial charge on any atom is -0.352 e. The van der Waals surface area contributed by atoms with Crippen LogP contribution in [0.5, 0.6) is 0 Å². The Morgan fingerprint density at radius 2 is 1.82 bits per heavy atom. The second-order valence-corrected chi connectivity index (χ2v) is 8.07. The molecule has 2 aliphatic rings. The van der Waals surface area contributed by atoms with Gasteiger partial charge in [-0.2, -0.15) is 0 Å². The number of amides is 3. The normalized spacial score (nSPS) is 18.4. The Hall–Kier alpha value is -2.37. The van der Waals surface area contributed by atoms with Crippen molar-refractivity contribution < 1.29 is 14.4 Å². The number of benzene rings is 1. The Bertz CT molecular complexity index is 721. The van der Waals surface area contributed by atoms with E-state index in [4.69, 9.17) is 0 Å². The summed E-state index contributed by atoms with van der Waals surface area (Å²) in [6.07, 6.45) is 4.37. The van der Waals surface area contributed by atoms with Gasteiger partial charge in [0.15, 0.2) is 0 Å². The van der Waals surface area contributed by atoms with Crippen LogP contribution in [0.15, 0.2) is 24.3 Å². The van der Waals surface area contributed by atoms with Gasteiger partial charge in [0.05, 0.1) is 0 Å². The van der Waals surface area contributed by atoms with Crippen molar-refractivity contribution in [3.63, 3.8) is 0 Å². The van der Waals surface area contributed by atoms with E-state index in [0.717, 1.165) is 37.7 Å². The van der Waals surface area contributed by atoms with Crippen molar-refractivity contribution in [3.8, 4) is 0 Å². The largest absolute Gasteiger partial charge is 0.352 e. The monoisotopic (exact) mass is 385 g/mol. The number of hydrogen-bond donors (Lipinski definition) is 2. The highest BCUT2D eigenvalue weighted by atomic mass is 16.2. The van der Waals surface area contributed by atoms with Crippen LogP contribution >= 0.6 is 0 Å². The van der Waals surface area contributed by atoms with E-state index in [9.17, 15) is 14.4 Å². The minimum atomic E-state index is -0.0878. The van der Waals surface area contributed by atoms with Crippen LogP contribution < -0.4 is 10.6 Å². The molecular formula is C22H31N3O3. The first-order chi connectivity index (χ1) is 13.5. The molecule has 6 heteroatoms. The minimum absolute atomic E-state index is 0.0352. The van der Waals surface area contributed by atoms with Gasteiger partial charge in [0, 0.05) is 43.1 Å². The molecule has 1 heterocycles. The number of likely N-dealkylation sites (tertiary alicyclic amines) is 1. The third-order valence-electron chi connectivity index (χ3n) is 5.75. The number of nitrogens with zero attached hydrogens (tertiary/aromatic N) is 1. The predicted octanol–water partition coefficient (Wildman–Crippen LogP) is 2.48. The summed E-state index contributed by atoms with van der Waals surface area (Å²) >= 11 is 0. The van der Waals surface area contributed by atoms with E-state index in [1.165, 1.54) is 0 Å². The fourth-order valence-corrected chi connectivity index (χ4v) is 3.52. The lowest BCUT2D eigenvalue weighted by Crippen LogP contribution is -2.43. The Kier molecular flexibility index (Phi) is 6.70. The van der Waals surface area contributed by atoms with Gasteiger partial charge >= 0.3 is 0 Å². The van der Waals surface area contributed by atoms with Gasteiger partial charge in [-0.15, -0.1) is 0 Å². The van der Waals surface area contributed by atoms with Gasteiger partial charge in [0.1, 0.15) is 0 Å². The SMILES string of the molecule is CCC(C)NC(=O)c1cccc(CNC(=O)C2CCN(C(=O)C3CC3)CC2)c1. The van der Waals surface area contributed by atoms with Gasteiger partial charge in [-0.1, -0.05) is 19.1 Å². The predicted molar refractivity (Wildman–Crippen MR) is 108 cm³/mol. The Morgan fingerprint density at radius 1 is 1.11 bits per heavy atom. The molecule has 152 valence electrons. The summed E-state index contributed by atoms with van der Waals surface area (Å²) in [7, 11) is 0. The van der Waals surface area contributed by atoms with Crippen LogP contribution in [-0.2, 0) is 16.1 Å². The molecule has 1 aromatic rings. The average molecular weight is 386 g/mol. The molecule has 2 N–H and O–H groups in total. The van der Waals surface area contributed by atoms with Crippen molar-refractivity contribution in [1.82, 2.24) is 15.5 Å². The van der Waals surface area contributed by atoms with Gasteiger partial charge < -0.3 is 15.5 Å². The smallest absolute Gasteiger partial charge is 0.251 e. The number of carbonyl (C=O) groups excluding carboxylic acids is 3. The van der Waals surface area contributed by atoms with E-state index in [1.54, 1.807) is 6.07 Å². The second kappa shape index (κ2) is 9.22. The molecule has 6 nitrogen and oxygen atoms in total. The van der Waals surface area contributed by atoms with Crippen molar-refractivity contribution in [1.29, 1.82) is 0 Å². The molecule has 1 aliphatic heterocycles. The molecule has 1 atom stereocenters. The van der Waals surface area contributed by atoms with Crippen molar-refractivity contribution in [2.75, 3.05) is 13.1 Å². The van der Waals surface area contributed by atoms with E-state index in [0.29, 0.717) is 25.2 Å². The lowest BCUT2D eigenvalue weighted by molar-refractivity contribution is -0.136. The van der Waals surface area contributed by atoms with E-state index in [2.05, 4.69) is 10.6 Å².